The van der Waals surface area contributed by atoms with Crippen LogP contribution in [0.1, 0.15) is 34.6 Å². The molecule has 0 saturated heterocycles. The first kappa shape index (κ1) is 17.9. The van der Waals surface area contributed by atoms with E-state index >= 15 is 0 Å². The van der Waals surface area contributed by atoms with Gasteiger partial charge in [0.05, 0.1) is 5.56 Å². The van der Waals surface area contributed by atoms with Crippen LogP contribution in [0.3, 0.4) is 0 Å². The molecule has 0 saturated carbocycles. The van der Waals surface area contributed by atoms with Gasteiger partial charge in [-0.15, -0.1) is 0 Å². The average molecular weight is 470 g/mol. The van der Waals surface area contributed by atoms with Crippen LogP contribution in [-0.2, 0) is 10.0 Å². The maximum atomic E-state index is 12.6. The quantitative estimate of drug-likeness (QED) is 0.700. The molecule has 1 heterocycles. The number of rotatable bonds is 3. The predicted octanol–water partition coefficient (Wildman–Crippen LogP) is 3.10. The number of nitrogens with zero attached hydrogens (tertiary/aromatic N) is 1. The van der Waals surface area contributed by atoms with Gasteiger partial charge in [-0.25, -0.2) is 12.7 Å². The monoisotopic (exact) mass is 470 g/mol. The van der Waals surface area contributed by atoms with E-state index in [1.165, 1.54) is 18.2 Å². The number of hydrogen-bond acceptors (Lipinski definition) is 4. The molecule has 2 amide bonds. The number of halogens is 1. The van der Waals surface area contributed by atoms with Gasteiger partial charge in [-0.05, 0) is 78.9 Å². The highest BCUT2D eigenvalue weighted by Gasteiger charge is 2.42. The Labute approximate surface area is 159 Å². The van der Waals surface area contributed by atoms with Gasteiger partial charge in [-0.3, -0.25) is 9.59 Å². The van der Waals surface area contributed by atoms with Gasteiger partial charge in [0.15, 0.2) is 0 Å². The van der Waals surface area contributed by atoms with E-state index in [0.29, 0.717) is 5.69 Å². The van der Waals surface area contributed by atoms with E-state index < -0.39 is 27.9 Å². The van der Waals surface area contributed by atoms with E-state index in [4.69, 9.17) is 0 Å². The number of nitrogens with one attached hydrogen (secondary N) is 1. The SMILES string of the molecule is CC(C)N1C(=O)c2ccc(C(=O)Nc3ccc(I)cc3)cc2S1(=O)=O. The molecule has 1 N–H and O–H groups in total. The van der Waals surface area contributed by atoms with Crippen LogP contribution in [0.4, 0.5) is 5.69 Å². The van der Waals surface area contributed by atoms with Gasteiger partial charge >= 0.3 is 0 Å². The molecule has 0 bridgehead atoms. The molecule has 0 unspecified atom stereocenters. The highest BCUT2D eigenvalue weighted by Crippen LogP contribution is 2.32. The second-order valence-electron chi connectivity index (χ2n) is 5.87. The number of carbonyl (C=O) groups is 2. The smallest absolute Gasteiger partial charge is 0.269 e. The Hall–Kier alpha value is -1.94. The summed E-state index contributed by atoms with van der Waals surface area (Å²) in [5, 5.41) is 2.71. The lowest BCUT2D eigenvalue weighted by atomic mass is 10.1. The first-order valence-corrected chi connectivity index (χ1v) is 10.0. The molecular weight excluding hydrogens is 455 g/mol. The molecule has 8 heteroatoms. The normalized spacial score (nSPS) is 15.4. The fourth-order valence-corrected chi connectivity index (χ4v) is 4.79. The number of carbonyl (C=O) groups excluding carboxylic acids is 2. The molecule has 25 heavy (non-hydrogen) atoms. The minimum atomic E-state index is -3.93. The highest BCUT2D eigenvalue weighted by molar-refractivity contribution is 14.1. The van der Waals surface area contributed by atoms with Crippen LogP contribution in [0, 0.1) is 3.57 Å². The van der Waals surface area contributed by atoms with Gasteiger partial charge in [0.25, 0.3) is 21.8 Å². The molecule has 0 spiro atoms. The molecule has 0 fully saturated rings. The molecular formula is C17H15IN2O4S. The summed E-state index contributed by atoms with van der Waals surface area (Å²) < 4.78 is 27.0. The summed E-state index contributed by atoms with van der Waals surface area (Å²) in [7, 11) is -3.93. The van der Waals surface area contributed by atoms with E-state index in [2.05, 4.69) is 27.9 Å². The molecule has 0 atom stereocenters. The third-order valence-corrected chi connectivity index (χ3v) is 6.50. The lowest BCUT2D eigenvalue weighted by Crippen LogP contribution is -2.36. The zero-order valence-electron chi connectivity index (χ0n) is 13.5. The number of fused-ring (bicyclic) bond motifs is 1. The Bertz CT molecular complexity index is 969. The van der Waals surface area contributed by atoms with Crippen LogP contribution >= 0.6 is 22.6 Å². The van der Waals surface area contributed by atoms with Crippen molar-refractivity contribution in [3.63, 3.8) is 0 Å². The van der Waals surface area contributed by atoms with Gasteiger partial charge in [-0.1, -0.05) is 0 Å². The number of sulfonamides is 1. The van der Waals surface area contributed by atoms with Crippen molar-refractivity contribution in [3.8, 4) is 0 Å². The topological polar surface area (TPSA) is 83.6 Å². The van der Waals surface area contributed by atoms with E-state index in [1.807, 2.05) is 12.1 Å². The summed E-state index contributed by atoms with van der Waals surface area (Å²) in [6, 6.07) is 10.8. The predicted molar refractivity (Wildman–Crippen MR) is 102 cm³/mol. The molecule has 2 aromatic rings. The maximum Gasteiger partial charge on any atom is 0.269 e. The first-order valence-electron chi connectivity index (χ1n) is 7.51. The van der Waals surface area contributed by atoms with Crippen molar-refractivity contribution in [1.82, 2.24) is 4.31 Å². The molecule has 130 valence electrons. The average Bonchev–Trinajstić information content (AvgIpc) is 2.75. The van der Waals surface area contributed by atoms with Crippen LogP contribution in [0.15, 0.2) is 47.4 Å². The third-order valence-electron chi connectivity index (χ3n) is 3.78. The molecule has 0 aromatic heterocycles. The van der Waals surface area contributed by atoms with Crippen LogP contribution in [0.5, 0.6) is 0 Å². The third kappa shape index (κ3) is 3.15. The van der Waals surface area contributed by atoms with E-state index in [0.717, 1.165) is 7.88 Å². The Balaban J connectivity index is 1.95. The van der Waals surface area contributed by atoms with Crippen molar-refractivity contribution in [3.05, 3.63) is 57.2 Å². The first-order chi connectivity index (χ1) is 11.7. The standard InChI is InChI=1S/C17H15IN2O4S/c1-10(2)20-17(22)14-8-3-11(9-15(14)25(20,23)24)16(21)19-13-6-4-12(18)5-7-13/h3-10H,1-2H3,(H,19,21). The van der Waals surface area contributed by atoms with Gasteiger partial charge < -0.3 is 5.32 Å². The number of benzene rings is 2. The largest absolute Gasteiger partial charge is 0.322 e. The van der Waals surface area contributed by atoms with Crippen molar-refractivity contribution < 1.29 is 18.0 Å². The molecule has 3 rings (SSSR count). The van der Waals surface area contributed by atoms with Gasteiger partial charge in [-0.2, -0.15) is 0 Å². The van der Waals surface area contributed by atoms with Crippen LogP contribution in [-0.4, -0.2) is 30.6 Å². The Kier molecular flexibility index (Phi) is 4.58. The zero-order chi connectivity index (χ0) is 18.4. The molecule has 0 aliphatic carbocycles. The Morgan fingerprint density at radius 2 is 1.76 bits per heavy atom. The number of anilines is 1. The second-order valence-corrected chi connectivity index (χ2v) is 8.90. The van der Waals surface area contributed by atoms with Crippen LogP contribution in [0.25, 0.3) is 0 Å². The lowest BCUT2D eigenvalue weighted by molar-refractivity contribution is 0.0846. The molecule has 1 aliphatic heterocycles. The molecule has 6 nitrogen and oxygen atoms in total. The van der Waals surface area contributed by atoms with E-state index in [9.17, 15) is 18.0 Å². The fraction of sp³-hybridized carbons (Fsp3) is 0.176. The van der Waals surface area contributed by atoms with E-state index in [-0.39, 0.29) is 16.0 Å². The summed E-state index contributed by atoms with van der Waals surface area (Å²) in [5.41, 5.74) is 0.882. The minimum Gasteiger partial charge on any atom is -0.322 e. The fourth-order valence-electron chi connectivity index (χ4n) is 2.64. The van der Waals surface area contributed by atoms with Crippen LogP contribution in [0.2, 0.25) is 0 Å². The van der Waals surface area contributed by atoms with Gasteiger partial charge in [0, 0.05) is 20.9 Å². The Morgan fingerprint density at radius 3 is 2.36 bits per heavy atom. The summed E-state index contributed by atoms with van der Waals surface area (Å²) in [5.74, 6) is -0.996. The zero-order valence-corrected chi connectivity index (χ0v) is 16.5. The lowest BCUT2D eigenvalue weighted by Gasteiger charge is -2.18. The minimum absolute atomic E-state index is 0.0968. The van der Waals surface area contributed by atoms with E-state index in [1.54, 1.807) is 26.0 Å². The maximum absolute atomic E-state index is 12.6. The Morgan fingerprint density at radius 1 is 1.12 bits per heavy atom. The molecule has 2 aromatic carbocycles. The summed E-state index contributed by atoms with van der Waals surface area (Å²) in [4.78, 5) is 24.6. The molecule has 0 radical (unpaired) electrons. The summed E-state index contributed by atoms with van der Waals surface area (Å²) >= 11 is 2.16. The second kappa shape index (κ2) is 6.41. The van der Waals surface area contributed by atoms with Crippen LogP contribution < -0.4 is 5.32 Å². The summed E-state index contributed by atoms with van der Waals surface area (Å²) in [6.45, 7) is 3.26. The van der Waals surface area contributed by atoms with Crippen molar-refractivity contribution in [2.75, 3.05) is 5.32 Å². The number of hydrogen-bond donors (Lipinski definition) is 1. The summed E-state index contributed by atoms with van der Waals surface area (Å²) in [6.07, 6.45) is 0. The van der Waals surface area contributed by atoms with Crippen molar-refractivity contribution in [2.45, 2.75) is 24.8 Å². The van der Waals surface area contributed by atoms with Crippen molar-refractivity contribution >= 4 is 50.1 Å². The van der Waals surface area contributed by atoms with Gasteiger partial charge in [0.1, 0.15) is 4.90 Å². The highest BCUT2D eigenvalue weighted by atomic mass is 127. The molecule has 1 aliphatic rings. The van der Waals surface area contributed by atoms with Gasteiger partial charge in [0.2, 0.25) is 0 Å². The van der Waals surface area contributed by atoms with Crippen molar-refractivity contribution in [2.24, 2.45) is 0 Å². The number of amides is 2. The van der Waals surface area contributed by atoms with Crippen molar-refractivity contribution in [1.29, 1.82) is 0 Å².